The van der Waals surface area contributed by atoms with Crippen molar-refractivity contribution < 1.29 is 4.79 Å². The molecule has 2 N–H and O–H groups in total. The highest BCUT2D eigenvalue weighted by atomic mass is 32.1. The Hall–Kier alpha value is -1.65. The number of thiophene rings is 1. The van der Waals surface area contributed by atoms with Gasteiger partial charge in [0.15, 0.2) is 0 Å². The largest absolute Gasteiger partial charge is 0.334 e. The molecule has 1 aromatic heterocycles. The number of hydrogen-bond acceptors (Lipinski definition) is 3. The fourth-order valence-corrected chi connectivity index (χ4v) is 3.09. The van der Waals surface area contributed by atoms with Gasteiger partial charge in [0.05, 0.1) is 4.88 Å². The van der Waals surface area contributed by atoms with Gasteiger partial charge in [0.25, 0.3) is 5.91 Å². The fourth-order valence-electron chi connectivity index (χ4n) is 2.18. The summed E-state index contributed by atoms with van der Waals surface area (Å²) in [6.45, 7) is 4.04. The lowest BCUT2D eigenvalue weighted by molar-refractivity contribution is 0.0747. The molecular formula is C17H22N2OS. The van der Waals surface area contributed by atoms with Gasteiger partial charge in [-0.15, -0.1) is 11.3 Å². The predicted molar refractivity (Wildman–Crippen MR) is 88.6 cm³/mol. The zero-order valence-electron chi connectivity index (χ0n) is 12.4. The number of amides is 1. The lowest BCUT2D eigenvalue weighted by atomic mass is 10.2. The van der Waals surface area contributed by atoms with Crippen LogP contribution in [0, 0.1) is 0 Å². The number of nitrogens with zero attached hydrogens (tertiary/aromatic N) is 1. The summed E-state index contributed by atoms with van der Waals surface area (Å²) in [5.74, 6) is 0.108. The van der Waals surface area contributed by atoms with Gasteiger partial charge in [-0.1, -0.05) is 37.3 Å². The number of benzene rings is 1. The van der Waals surface area contributed by atoms with Crippen molar-refractivity contribution in [2.45, 2.75) is 26.3 Å². The summed E-state index contributed by atoms with van der Waals surface area (Å²) in [5, 5.41) is 0. The van der Waals surface area contributed by atoms with Crippen LogP contribution in [-0.2, 0) is 13.0 Å². The second-order valence-corrected chi connectivity index (χ2v) is 6.14. The molecule has 2 rings (SSSR count). The Kier molecular flexibility index (Phi) is 5.96. The summed E-state index contributed by atoms with van der Waals surface area (Å²) in [6.07, 6.45) is 1.80. The second-order valence-electron chi connectivity index (χ2n) is 4.97. The van der Waals surface area contributed by atoms with E-state index < -0.39 is 0 Å². The third kappa shape index (κ3) is 4.41. The smallest absolute Gasteiger partial charge is 0.264 e. The van der Waals surface area contributed by atoms with Crippen LogP contribution in [-0.4, -0.2) is 23.9 Å². The van der Waals surface area contributed by atoms with Crippen LogP contribution in [0.5, 0.6) is 0 Å². The first-order chi connectivity index (χ1) is 10.2. The van der Waals surface area contributed by atoms with E-state index in [1.165, 1.54) is 4.88 Å². The minimum atomic E-state index is 0.108. The Labute approximate surface area is 130 Å². The summed E-state index contributed by atoms with van der Waals surface area (Å²) >= 11 is 1.59. The summed E-state index contributed by atoms with van der Waals surface area (Å²) in [5.41, 5.74) is 6.75. The topological polar surface area (TPSA) is 46.3 Å². The first-order valence-electron chi connectivity index (χ1n) is 7.36. The van der Waals surface area contributed by atoms with E-state index in [-0.39, 0.29) is 5.91 Å². The molecule has 0 spiro atoms. The zero-order valence-corrected chi connectivity index (χ0v) is 13.2. The van der Waals surface area contributed by atoms with Crippen molar-refractivity contribution in [2.75, 3.05) is 13.1 Å². The molecule has 0 saturated heterocycles. The number of aryl methyl sites for hydroxylation is 1. The van der Waals surface area contributed by atoms with Crippen LogP contribution in [0.25, 0.3) is 0 Å². The maximum Gasteiger partial charge on any atom is 0.264 e. The van der Waals surface area contributed by atoms with E-state index in [2.05, 4.69) is 19.1 Å². The maximum absolute atomic E-state index is 12.7. The highest BCUT2D eigenvalue weighted by molar-refractivity contribution is 7.14. The van der Waals surface area contributed by atoms with E-state index in [4.69, 9.17) is 5.73 Å². The minimum Gasteiger partial charge on any atom is -0.334 e. The SMILES string of the molecule is CCc1ccc(C(=O)N(CCCN)Cc2ccccc2)s1. The van der Waals surface area contributed by atoms with Gasteiger partial charge in [-0.2, -0.15) is 0 Å². The average Bonchev–Trinajstić information content (AvgIpc) is 3.00. The van der Waals surface area contributed by atoms with Crippen molar-refractivity contribution in [3.8, 4) is 0 Å². The van der Waals surface area contributed by atoms with E-state index in [1.807, 2.05) is 35.2 Å². The molecule has 0 aliphatic heterocycles. The average molecular weight is 302 g/mol. The molecule has 3 nitrogen and oxygen atoms in total. The van der Waals surface area contributed by atoms with Crippen LogP contribution in [0.3, 0.4) is 0 Å². The Morgan fingerprint density at radius 1 is 1.19 bits per heavy atom. The van der Waals surface area contributed by atoms with Gasteiger partial charge in [-0.3, -0.25) is 4.79 Å². The molecule has 0 aliphatic rings. The molecular weight excluding hydrogens is 280 g/mol. The van der Waals surface area contributed by atoms with Gasteiger partial charge in [-0.25, -0.2) is 0 Å². The summed E-state index contributed by atoms with van der Waals surface area (Å²) in [7, 11) is 0. The molecule has 0 fully saturated rings. The number of carbonyl (C=O) groups excluding carboxylic acids is 1. The van der Waals surface area contributed by atoms with Crippen molar-refractivity contribution in [3.63, 3.8) is 0 Å². The van der Waals surface area contributed by atoms with Gasteiger partial charge in [0.2, 0.25) is 0 Å². The second kappa shape index (κ2) is 7.96. The Bertz CT molecular complexity index is 565. The summed E-state index contributed by atoms with van der Waals surface area (Å²) in [6, 6.07) is 14.1. The van der Waals surface area contributed by atoms with Crippen molar-refractivity contribution >= 4 is 17.2 Å². The van der Waals surface area contributed by atoms with Crippen LogP contribution in [0.2, 0.25) is 0 Å². The molecule has 0 radical (unpaired) electrons. The summed E-state index contributed by atoms with van der Waals surface area (Å²) in [4.78, 5) is 16.6. The number of nitrogens with two attached hydrogens (primary N) is 1. The molecule has 1 amide bonds. The van der Waals surface area contributed by atoms with Gasteiger partial charge >= 0.3 is 0 Å². The lowest BCUT2D eigenvalue weighted by Crippen LogP contribution is -2.32. The summed E-state index contributed by atoms with van der Waals surface area (Å²) < 4.78 is 0. The molecule has 1 aromatic carbocycles. The molecule has 4 heteroatoms. The predicted octanol–water partition coefficient (Wildman–Crippen LogP) is 3.30. The number of carbonyl (C=O) groups is 1. The fraction of sp³-hybridized carbons (Fsp3) is 0.353. The van der Waals surface area contributed by atoms with Crippen molar-refractivity contribution in [2.24, 2.45) is 5.73 Å². The molecule has 0 aliphatic carbocycles. The molecule has 0 unspecified atom stereocenters. The van der Waals surface area contributed by atoms with E-state index in [0.717, 1.165) is 23.3 Å². The zero-order chi connectivity index (χ0) is 15.1. The molecule has 0 bridgehead atoms. The molecule has 0 atom stereocenters. The van der Waals surface area contributed by atoms with Gasteiger partial charge < -0.3 is 10.6 Å². The van der Waals surface area contributed by atoms with E-state index in [0.29, 0.717) is 19.6 Å². The van der Waals surface area contributed by atoms with Crippen LogP contribution >= 0.6 is 11.3 Å². The standard InChI is InChI=1S/C17H22N2OS/c1-2-15-9-10-16(21-15)17(20)19(12-6-11-18)13-14-7-4-3-5-8-14/h3-5,7-10H,2,6,11-13,18H2,1H3. The van der Waals surface area contributed by atoms with Gasteiger partial charge in [-0.05, 0) is 37.1 Å². The molecule has 1 heterocycles. The van der Waals surface area contributed by atoms with Crippen molar-refractivity contribution in [3.05, 3.63) is 57.8 Å². The van der Waals surface area contributed by atoms with Crippen LogP contribution < -0.4 is 5.73 Å². The van der Waals surface area contributed by atoms with E-state index >= 15 is 0 Å². The van der Waals surface area contributed by atoms with Crippen LogP contribution in [0.4, 0.5) is 0 Å². The van der Waals surface area contributed by atoms with Crippen LogP contribution in [0.1, 0.15) is 33.5 Å². The molecule has 0 saturated carbocycles. The molecule has 2 aromatic rings. The Morgan fingerprint density at radius 3 is 2.57 bits per heavy atom. The van der Waals surface area contributed by atoms with E-state index in [9.17, 15) is 4.79 Å². The number of rotatable bonds is 7. The molecule has 112 valence electrons. The normalized spacial score (nSPS) is 10.6. The highest BCUT2D eigenvalue weighted by Crippen LogP contribution is 2.20. The monoisotopic (exact) mass is 302 g/mol. The minimum absolute atomic E-state index is 0.108. The lowest BCUT2D eigenvalue weighted by Gasteiger charge is -2.22. The Balaban J connectivity index is 2.12. The maximum atomic E-state index is 12.7. The third-order valence-electron chi connectivity index (χ3n) is 3.36. The van der Waals surface area contributed by atoms with Crippen molar-refractivity contribution in [1.82, 2.24) is 4.90 Å². The quantitative estimate of drug-likeness (QED) is 0.853. The van der Waals surface area contributed by atoms with Crippen LogP contribution in [0.15, 0.2) is 42.5 Å². The van der Waals surface area contributed by atoms with E-state index in [1.54, 1.807) is 11.3 Å². The number of hydrogen-bond donors (Lipinski definition) is 1. The van der Waals surface area contributed by atoms with Gasteiger partial charge in [0.1, 0.15) is 0 Å². The van der Waals surface area contributed by atoms with Gasteiger partial charge in [0, 0.05) is 18.0 Å². The van der Waals surface area contributed by atoms with Crippen molar-refractivity contribution in [1.29, 1.82) is 0 Å². The first-order valence-corrected chi connectivity index (χ1v) is 8.18. The third-order valence-corrected chi connectivity index (χ3v) is 4.57. The Morgan fingerprint density at radius 2 is 1.95 bits per heavy atom. The molecule has 21 heavy (non-hydrogen) atoms. The first kappa shape index (κ1) is 15.7. The highest BCUT2D eigenvalue weighted by Gasteiger charge is 2.17.